The molecule has 4 rings (SSSR count). The Balaban J connectivity index is 1.54. The van der Waals surface area contributed by atoms with Gasteiger partial charge < -0.3 is 9.72 Å². The van der Waals surface area contributed by atoms with E-state index >= 15 is 0 Å². The first-order valence-corrected chi connectivity index (χ1v) is 12.4. The Morgan fingerprint density at radius 1 is 1.28 bits per heavy atom. The number of ether oxygens (including phenoxy) is 1. The van der Waals surface area contributed by atoms with E-state index in [1.165, 1.54) is 34.4 Å². The maximum atomic E-state index is 12.8. The Morgan fingerprint density at radius 2 is 2.14 bits per heavy atom. The van der Waals surface area contributed by atoms with Crippen molar-refractivity contribution in [3.63, 3.8) is 0 Å². The minimum absolute atomic E-state index is 0.0824. The number of nitrogens with zero attached hydrogens (tertiary/aromatic N) is 2. The Bertz CT molecular complexity index is 1190. The number of esters is 1. The van der Waals surface area contributed by atoms with Crippen LogP contribution < -0.4 is 5.56 Å². The standard InChI is InChI=1S/C19H17N3O3S4/c1-3-25-14(23)7-11-8-28-19(20-11)29-10(2)16-21-17(24)15-12(9-27-18(15)22-16)13-5-4-6-26-13/h4-6,8-10H,3,7H2,1-2H3,(H,21,22,24). The van der Waals surface area contributed by atoms with Crippen LogP contribution >= 0.6 is 45.8 Å². The number of carbonyl (C=O) groups excluding carboxylic acids is 1. The maximum absolute atomic E-state index is 12.8. The fourth-order valence-corrected chi connectivity index (χ4v) is 6.57. The van der Waals surface area contributed by atoms with E-state index in [0.717, 1.165) is 19.6 Å². The van der Waals surface area contributed by atoms with Crippen LogP contribution in [0.4, 0.5) is 0 Å². The van der Waals surface area contributed by atoms with Crippen LogP contribution in [0, 0.1) is 0 Å². The van der Waals surface area contributed by atoms with Gasteiger partial charge in [0.15, 0.2) is 4.34 Å². The van der Waals surface area contributed by atoms with Gasteiger partial charge >= 0.3 is 5.97 Å². The molecule has 0 aliphatic heterocycles. The molecule has 0 fully saturated rings. The highest BCUT2D eigenvalue weighted by atomic mass is 32.2. The lowest BCUT2D eigenvalue weighted by Gasteiger charge is -2.08. The quantitative estimate of drug-likeness (QED) is 0.302. The van der Waals surface area contributed by atoms with Crippen LogP contribution in [0.5, 0.6) is 0 Å². The predicted octanol–water partition coefficient (Wildman–Crippen LogP) is 5.13. The molecule has 0 radical (unpaired) electrons. The molecule has 0 saturated heterocycles. The summed E-state index contributed by atoms with van der Waals surface area (Å²) in [6.07, 6.45) is 0.168. The van der Waals surface area contributed by atoms with Crippen molar-refractivity contribution < 1.29 is 9.53 Å². The molecule has 1 N–H and O–H groups in total. The third kappa shape index (κ3) is 4.45. The number of H-pyrrole nitrogens is 1. The summed E-state index contributed by atoms with van der Waals surface area (Å²) in [4.78, 5) is 38.3. The van der Waals surface area contributed by atoms with E-state index in [4.69, 9.17) is 9.72 Å². The Hall–Kier alpha value is -2.01. The van der Waals surface area contributed by atoms with Gasteiger partial charge in [-0.15, -0.1) is 34.0 Å². The molecular weight excluding hydrogens is 446 g/mol. The maximum Gasteiger partial charge on any atom is 0.311 e. The number of hydrogen-bond acceptors (Lipinski definition) is 9. The van der Waals surface area contributed by atoms with Crippen molar-refractivity contribution in [3.05, 3.63) is 50.1 Å². The van der Waals surface area contributed by atoms with Gasteiger partial charge in [-0.25, -0.2) is 9.97 Å². The predicted molar refractivity (Wildman–Crippen MR) is 120 cm³/mol. The molecule has 1 unspecified atom stereocenters. The van der Waals surface area contributed by atoms with Gasteiger partial charge in [-0.3, -0.25) is 9.59 Å². The van der Waals surface area contributed by atoms with Gasteiger partial charge in [0.25, 0.3) is 5.56 Å². The third-order valence-corrected chi connectivity index (χ3v) is 7.98. The Morgan fingerprint density at radius 3 is 2.90 bits per heavy atom. The zero-order chi connectivity index (χ0) is 20.4. The summed E-state index contributed by atoms with van der Waals surface area (Å²) in [5.41, 5.74) is 1.51. The van der Waals surface area contributed by atoms with Crippen LogP contribution in [-0.2, 0) is 16.0 Å². The monoisotopic (exact) mass is 463 g/mol. The largest absolute Gasteiger partial charge is 0.466 e. The van der Waals surface area contributed by atoms with Crippen LogP contribution in [0.2, 0.25) is 0 Å². The molecule has 0 aromatic carbocycles. The van der Waals surface area contributed by atoms with E-state index in [9.17, 15) is 9.59 Å². The third-order valence-electron chi connectivity index (χ3n) is 4.07. The lowest BCUT2D eigenvalue weighted by molar-refractivity contribution is -0.142. The van der Waals surface area contributed by atoms with Gasteiger partial charge in [0.1, 0.15) is 10.7 Å². The molecule has 4 heterocycles. The molecule has 0 amide bonds. The van der Waals surface area contributed by atoms with Crippen LogP contribution in [0.15, 0.2) is 37.4 Å². The number of aromatic nitrogens is 3. The fraction of sp³-hybridized carbons (Fsp3) is 0.263. The summed E-state index contributed by atoms with van der Waals surface area (Å²) < 4.78 is 5.78. The highest BCUT2D eigenvalue weighted by Crippen LogP contribution is 2.37. The number of thiazole rings is 1. The summed E-state index contributed by atoms with van der Waals surface area (Å²) in [5, 5.41) is 6.41. The van der Waals surface area contributed by atoms with E-state index in [0.29, 0.717) is 23.5 Å². The first-order valence-electron chi connectivity index (χ1n) is 8.87. The number of aromatic amines is 1. The molecule has 0 aliphatic carbocycles. The summed E-state index contributed by atoms with van der Waals surface area (Å²) in [6, 6.07) is 3.98. The second-order valence-corrected chi connectivity index (χ2v) is 10.4. The highest BCUT2D eigenvalue weighted by molar-refractivity contribution is 8.01. The minimum Gasteiger partial charge on any atom is -0.466 e. The summed E-state index contributed by atoms with van der Waals surface area (Å²) >= 11 is 6.07. The van der Waals surface area contributed by atoms with Crippen LogP contribution in [0.3, 0.4) is 0 Å². The number of nitrogens with one attached hydrogen (secondary N) is 1. The summed E-state index contributed by atoms with van der Waals surface area (Å²) in [7, 11) is 0. The van der Waals surface area contributed by atoms with Gasteiger partial charge in [-0.2, -0.15) is 0 Å². The summed E-state index contributed by atoms with van der Waals surface area (Å²) in [6.45, 7) is 4.12. The zero-order valence-electron chi connectivity index (χ0n) is 15.6. The first-order chi connectivity index (χ1) is 14.0. The van der Waals surface area contributed by atoms with E-state index in [-0.39, 0.29) is 23.2 Å². The molecule has 1 atom stereocenters. The van der Waals surface area contributed by atoms with Crippen LogP contribution in [-0.4, -0.2) is 27.5 Å². The normalized spacial score (nSPS) is 12.3. The van der Waals surface area contributed by atoms with Crippen molar-refractivity contribution in [2.75, 3.05) is 6.61 Å². The molecule has 6 nitrogen and oxygen atoms in total. The van der Waals surface area contributed by atoms with Gasteiger partial charge in [-0.05, 0) is 25.3 Å². The lowest BCUT2D eigenvalue weighted by atomic mass is 10.2. The Labute approximate surface area is 183 Å². The minimum atomic E-state index is -0.280. The molecular formula is C19H17N3O3S4. The topological polar surface area (TPSA) is 84.9 Å². The number of carbonyl (C=O) groups is 1. The number of fused-ring (bicyclic) bond motifs is 1. The number of hydrogen-bond donors (Lipinski definition) is 1. The molecule has 29 heavy (non-hydrogen) atoms. The van der Waals surface area contributed by atoms with Crippen molar-refractivity contribution in [2.45, 2.75) is 29.9 Å². The van der Waals surface area contributed by atoms with Crippen LogP contribution in [0.25, 0.3) is 20.7 Å². The smallest absolute Gasteiger partial charge is 0.311 e. The molecule has 10 heteroatoms. The van der Waals surface area contributed by atoms with Gasteiger partial charge in [0, 0.05) is 21.2 Å². The van der Waals surface area contributed by atoms with Crippen molar-refractivity contribution in [3.8, 4) is 10.4 Å². The molecule has 0 aliphatic rings. The van der Waals surface area contributed by atoms with E-state index < -0.39 is 0 Å². The van der Waals surface area contributed by atoms with Gasteiger partial charge in [0.2, 0.25) is 0 Å². The average molecular weight is 464 g/mol. The molecule has 0 saturated carbocycles. The van der Waals surface area contributed by atoms with Crippen molar-refractivity contribution in [2.24, 2.45) is 0 Å². The molecule has 150 valence electrons. The molecule has 0 spiro atoms. The van der Waals surface area contributed by atoms with Crippen molar-refractivity contribution in [1.82, 2.24) is 15.0 Å². The second-order valence-electron chi connectivity index (χ2n) is 6.10. The lowest BCUT2D eigenvalue weighted by Crippen LogP contribution is -2.12. The van der Waals surface area contributed by atoms with Crippen molar-refractivity contribution in [1.29, 1.82) is 0 Å². The van der Waals surface area contributed by atoms with Gasteiger partial charge in [0.05, 0.1) is 29.4 Å². The number of thiophene rings is 2. The van der Waals surface area contributed by atoms with Gasteiger partial charge in [-0.1, -0.05) is 17.8 Å². The molecule has 4 aromatic rings. The zero-order valence-corrected chi connectivity index (χ0v) is 18.9. The molecule has 4 aromatic heterocycles. The number of rotatable bonds is 7. The van der Waals surface area contributed by atoms with E-state index in [1.54, 1.807) is 18.3 Å². The Kier molecular flexibility index (Phi) is 6.14. The SMILES string of the molecule is CCOC(=O)Cc1csc(SC(C)c2nc3scc(-c4cccs4)c3c(=O)[nH]2)n1. The van der Waals surface area contributed by atoms with Crippen LogP contribution in [0.1, 0.15) is 30.6 Å². The fourth-order valence-electron chi connectivity index (χ4n) is 2.76. The average Bonchev–Trinajstić information content (AvgIpc) is 3.42. The van der Waals surface area contributed by atoms with E-state index in [1.807, 2.05) is 35.2 Å². The summed E-state index contributed by atoms with van der Waals surface area (Å²) in [5.74, 6) is 0.340. The van der Waals surface area contributed by atoms with Crippen molar-refractivity contribution >= 4 is 62.0 Å². The highest BCUT2D eigenvalue weighted by Gasteiger charge is 2.18. The second kappa shape index (κ2) is 8.78. The first kappa shape index (κ1) is 20.3. The molecule has 0 bridgehead atoms. The number of thioether (sulfide) groups is 1. The van der Waals surface area contributed by atoms with E-state index in [2.05, 4.69) is 9.97 Å².